The van der Waals surface area contributed by atoms with Gasteiger partial charge >= 0.3 is 5.63 Å². The number of nitrogens with zero attached hydrogens (tertiary/aromatic N) is 1. The highest BCUT2D eigenvalue weighted by atomic mass is 16.5. The number of hydrogen-bond donors (Lipinski definition) is 0. The smallest absolute Gasteiger partial charge is 0.336 e. The van der Waals surface area contributed by atoms with Crippen molar-refractivity contribution in [3.63, 3.8) is 0 Å². The lowest BCUT2D eigenvalue weighted by Gasteiger charge is -2.31. The first-order chi connectivity index (χ1) is 12.7. The molecule has 134 valence electrons. The van der Waals surface area contributed by atoms with Crippen molar-refractivity contribution in [3.8, 4) is 5.75 Å². The maximum absolute atomic E-state index is 12.1. The van der Waals surface area contributed by atoms with E-state index in [1.807, 2.05) is 12.1 Å². The Hall–Kier alpha value is -2.75. The molecule has 1 aliphatic rings. The molecule has 1 aromatic heterocycles. The number of aryl methyl sites for hydroxylation is 2. The Morgan fingerprint density at radius 2 is 1.92 bits per heavy atom. The molecule has 0 spiro atoms. The first-order valence-electron chi connectivity index (χ1n) is 9.18. The summed E-state index contributed by atoms with van der Waals surface area (Å²) in [7, 11) is 0. The van der Waals surface area contributed by atoms with Gasteiger partial charge in [0.25, 0.3) is 0 Å². The molecule has 4 nitrogen and oxygen atoms in total. The summed E-state index contributed by atoms with van der Waals surface area (Å²) in [4.78, 5) is 14.3. The third-order valence-electron chi connectivity index (χ3n) is 4.98. The first-order valence-corrected chi connectivity index (χ1v) is 9.18. The van der Waals surface area contributed by atoms with Crippen LogP contribution in [0.3, 0.4) is 0 Å². The lowest BCUT2D eigenvalue weighted by atomic mass is 10.0. The molecule has 0 N–H and O–H groups in total. The number of ether oxygens (including phenoxy) is 1. The molecule has 4 rings (SSSR count). The van der Waals surface area contributed by atoms with Gasteiger partial charge in [0.1, 0.15) is 11.3 Å². The fraction of sp³-hybridized carbons (Fsp3) is 0.318. The highest BCUT2D eigenvalue weighted by molar-refractivity contribution is 5.85. The van der Waals surface area contributed by atoms with Crippen LogP contribution >= 0.6 is 0 Å². The van der Waals surface area contributed by atoms with Crippen LogP contribution in [0.2, 0.25) is 0 Å². The summed E-state index contributed by atoms with van der Waals surface area (Å²) in [5.41, 5.74) is 4.72. The molecular formula is C22H23NO3. The van der Waals surface area contributed by atoms with Gasteiger partial charge in [0.2, 0.25) is 0 Å². The second kappa shape index (κ2) is 6.87. The SMILES string of the molecule is CCCCc1cc(=O)oc2c3c(ccc12)OCN(c1ccc(C)cc1)C3. The molecule has 0 saturated heterocycles. The molecule has 2 heterocycles. The van der Waals surface area contributed by atoms with Crippen LogP contribution in [0.5, 0.6) is 5.75 Å². The lowest BCUT2D eigenvalue weighted by Crippen LogP contribution is -2.32. The van der Waals surface area contributed by atoms with Gasteiger partial charge in [0.15, 0.2) is 6.73 Å². The summed E-state index contributed by atoms with van der Waals surface area (Å²) in [6.45, 7) is 5.38. The highest BCUT2D eigenvalue weighted by Gasteiger charge is 2.22. The van der Waals surface area contributed by atoms with E-state index >= 15 is 0 Å². The van der Waals surface area contributed by atoms with Crippen molar-refractivity contribution >= 4 is 16.7 Å². The predicted octanol–water partition coefficient (Wildman–Crippen LogP) is 4.80. The molecular weight excluding hydrogens is 326 g/mol. The lowest BCUT2D eigenvalue weighted by molar-refractivity contribution is 0.289. The minimum atomic E-state index is -0.288. The Morgan fingerprint density at radius 1 is 1.12 bits per heavy atom. The van der Waals surface area contributed by atoms with Gasteiger partial charge in [-0.1, -0.05) is 31.0 Å². The highest BCUT2D eigenvalue weighted by Crippen LogP contribution is 2.35. The average Bonchev–Trinajstić information content (AvgIpc) is 2.66. The summed E-state index contributed by atoms with van der Waals surface area (Å²) >= 11 is 0. The molecule has 3 aromatic rings. The van der Waals surface area contributed by atoms with Crippen LogP contribution < -0.4 is 15.3 Å². The molecule has 26 heavy (non-hydrogen) atoms. The van der Waals surface area contributed by atoms with E-state index in [2.05, 4.69) is 43.0 Å². The Labute approximate surface area is 153 Å². The van der Waals surface area contributed by atoms with Gasteiger partial charge in [-0.05, 0) is 49.6 Å². The third kappa shape index (κ3) is 3.07. The van der Waals surface area contributed by atoms with Crippen molar-refractivity contribution in [1.29, 1.82) is 0 Å². The van der Waals surface area contributed by atoms with Gasteiger partial charge in [0, 0.05) is 17.1 Å². The Kier molecular flexibility index (Phi) is 4.41. The van der Waals surface area contributed by atoms with Crippen molar-refractivity contribution in [1.82, 2.24) is 0 Å². The topological polar surface area (TPSA) is 42.7 Å². The van der Waals surface area contributed by atoms with E-state index in [4.69, 9.17) is 9.15 Å². The van der Waals surface area contributed by atoms with Gasteiger partial charge in [0.05, 0.1) is 12.1 Å². The maximum atomic E-state index is 12.1. The summed E-state index contributed by atoms with van der Waals surface area (Å²) in [5, 5.41) is 1.02. The summed E-state index contributed by atoms with van der Waals surface area (Å²) < 4.78 is 11.6. The van der Waals surface area contributed by atoms with Gasteiger partial charge in [-0.3, -0.25) is 0 Å². The van der Waals surface area contributed by atoms with Crippen LogP contribution in [-0.2, 0) is 13.0 Å². The molecule has 0 unspecified atom stereocenters. The normalized spacial score (nSPS) is 13.5. The van der Waals surface area contributed by atoms with Crippen molar-refractivity contribution in [3.05, 3.63) is 69.6 Å². The summed E-state index contributed by atoms with van der Waals surface area (Å²) in [6.07, 6.45) is 3.04. The van der Waals surface area contributed by atoms with Gasteiger partial charge in [-0.15, -0.1) is 0 Å². The number of hydrogen-bond acceptors (Lipinski definition) is 4. The molecule has 1 aliphatic heterocycles. The fourth-order valence-electron chi connectivity index (χ4n) is 3.49. The average molecular weight is 349 g/mol. The van der Waals surface area contributed by atoms with E-state index in [-0.39, 0.29) is 5.63 Å². The van der Waals surface area contributed by atoms with E-state index in [9.17, 15) is 4.79 Å². The predicted molar refractivity (Wildman–Crippen MR) is 104 cm³/mol. The van der Waals surface area contributed by atoms with Crippen molar-refractivity contribution in [2.45, 2.75) is 39.7 Å². The van der Waals surface area contributed by atoms with Gasteiger partial charge in [-0.25, -0.2) is 4.79 Å². The third-order valence-corrected chi connectivity index (χ3v) is 4.98. The summed E-state index contributed by atoms with van der Waals surface area (Å²) in [5.74, 6) is 0.802. The molecule has 0 aliphatic carbocycles. The van der Waals surface area contributed by atoms with Crippen molar-refractivity contribution < 1.29 is 9.15 Å². The zero-order valence-electron chi connectivity index (χ0n) is 15.2. The quantitative estimate of drug-likeness (QED) is 0.635. The standard InChI is InChI=1S/C22H23NO3/c1-3-4-5-16-12-21(24)26-22-18(16)10-11-20-19(22)13-23(14-25-20)17-8-6-15(2)7-9-17/h6-12H,3-5,13-14H2,1-2H3. The van der Waals surface area contributed by atoms with E-state index < -0.39 is 0 Å². The van der Waals surface area contributed by atoms with Crippen LogP contribution in [0, 0.1) is 6.92 Å². The van der Waals surface area contributed by atoms with Crippen molar-refractivity contribution in [2.24, 2.45) is 0 Å². The number of anilines is 1. The number of fused-ring (bicyclic) bond motifs is 3. The molecule has 0 amide bonds. The van der Waals surface area contributed by atoms with Crippen LogP contribution in [0.1, 0.15) is 36.5 Å². The molecule has 0 radical (unpaired) electrons. The van der Waals surface area contributed by atoms with Crippen LogP contribution in [0.25, 0.3) is 11.0 Å². The zero-order chi connectivity index (χ0) is 18.1. The van der Waals surface area contributed by atoms with Crippen LogP contribution in [-0.4, -0.2) is 6.73 Å². The van der Waals surface area contributed by atoms with Crippen molar-refractivity contribution in [2.75, 3.05) is 11.6 Å². The van der Waals surface area contributed by atoms with E-state index in [1.54, 1.807) is 6.07 Å². The molecule has 0 atom stereocenters. The van der Waals surface area contributed by atoms with E-state index in [0.717, 1.165) is 47.2 Å². The molecule has 0 bridgehead atoms. The second-order valence-electron chi connectivity index (χ2n) is 6.92. The van der Waals surface area contributed by atoms with Crippen LogP contribution in [0.15, 0.2) is 51.7 Å². The number of rotatable bonds is 4. The minimum Gasteiger partial charge on any atom is -0.473 e. The molecule has 2 aromatic carbocycles. The second-order valence-corrected chi connectivity index (χ2v) is 6.92. The molecule has 0 fully saturated rings. The molecule has 4 heteroatoms. The number of unbranched alkanes of at least 4 members (excludes halogenated alkanes) is 1. The fourth-order valence-corrected chi connectivity index (χ4v) is 3.49. The molecule has 0 saturated carbocycles. The largest absolute Gasteiger partial charge is 0.473 e. The Balaban J connectivity index is 1.78. The van der Waals surface area contributed by atoms with E-state index in [0.29, 0.717) is 18.9 Å². The zero-order valence-corrected chi connectivity index (χ0v) is 15.2. The van der Waals surface area contributed by atoms with Gasteiger partial charge < -0.3 is 14.1 Å². The Morgan fingerprint density at radius 3 is 2.69 bits per heavy atom. The monoisotopic (exact) mass is 349 g/mol. The minimum absolute atomic E-state index is 0.288. The number of benzene rings is 2. The Bertz CT molecular complexity index is 989. The summed E-state index contributed by atoms with van der Waals surface area (Å²) in [6, 6.07) is 14.0. The first kappa shape index (κ1) is 16.7. The van der Waals surface area contributed by atoms with E-state index in [1.165, 1.54) is 5.56 Å². The van der Waals surface area contributed by atoms with Gasteiger partial charge in [-0.2, -0.15) is 0 Å². The van der Waals surface area contributed by atoms with Crippen LogP contribution in [0.4, 0.5) is 5.69 Å². The maximum Gasteiger partial charge on any atom is 0.336 e.